The van der Waals surface area contributed by atoms with Crippen molar-refractivity contribution in [3.05, 3.63) is 10.6 Å². The highest BCUT2D eigenvalue weighted by molar-refractivity contribution is 7.15. The fourth-order valence-corrected chi connectivity index (χ4v) is 2.59. The quantitative estimate of drug-likeness (QED) is 0.879. The first-order chi connectivity index (χ1) is 8.94. The first-order valence-electron chi connectivity index (χ1n) is 5.58. The second kappa shape index (κ2) is 5.85. The molecule has 0 unspecified atom stereocenters. The SMILES string of the molecule is O=C(COCC(F)(F)F)Nc1nc2c(s1)CNCC2. The molecular weight excluding hydrogens is 283 g/mol. The van der Waals surface area contributed by atoms with Crippen molar-refractivity contribution in [1.29, 1.82) is 0 Å². The Kier molecular flexibility index (Phi) is 4.38. The maximum Gasteiger partial charge on any atom is 0.411 e. The average Bonchev–Trinajstić information content (AvgIpc) is 2.68. The van der Waals surface area contributed by atoms with Crippen molar-refractivity contribution in [2.24, 2.45) is 0 Å². The fraction of sp³-hybridized carbons (Fsp3) is 0.600. The summed E-state index contributed by atoms with van der Waals surface area (Å²) in [4.78, 5) is 16.6. The number of halogens is 3. The van der Waals surface area contributed by atoms with Crippen LogP contribution in [0.5, 0.6) is 0 Å². The van der Waals surface area contributed by atoms with Crippen LogP contribution < -0.4 is 10.6 Å². The summed E-state index contributed by atoms with van der Waals surface area (Å²) in [5.41, 5.74) is 0.926. The molecule has 2 heterocycles. The number of ether oxygens (including phenoxy) is 1. The summed E-state index contributed by atoms with van der Waals surface area (Å²) in [7, 11) is 0. The summed E-state index contributed by atoms with van der Waals surface area (Å²) >= 11 is 1.32. The second-order valence-electron chi connectivity index (χ2n) is 3.97. The van der Waals surface area contributed by atoms with Crippen LogP contribution in [0.15, 0.2) is 0 Å². The smallest absolute Gasteiger partial charge is 0.362 e. The van der Waals surface area contributed by atoms with E-state index in [9.17, 15) is 18.0 Å². The molecule has 19 heavy (non-hydrogen) atoms. The van der Waals surface area contributed by atoms with Crippen LogP contribution in [0.25, 0.3) is 0 Å². The predicted molar refractivity (Wildman–Crippen MR) is 63.0 cm³/mol. The second-order valence-corrected chi connectivity index (χ2v) is 5.06. The van der Waals surface area contributed by atoms with Gasteiger partial charge in [-0.25, -0.2) is 4.98 Å². The molecule has 0 radical (unpaired) electrons. The summed E-state index contributed by atoms with van der Waals surface area (Å²) in [6.07, 6.45) is -3.64. The Morgan fingerprint density at radius 2 is 2.32 bits per heavy atom. The van der Waals surface area contributed by atoms with Crippen LogP contribution >= 0.6 is 11.3 Å². The van der Waals surface area contributed by atoms with E-state index in [1.807, 2.05) is 0 Å². The van der Waals surface area contributed by atoms with Gasteiger partial charge in [0, 0.05) is 24.4 Å². The number of amides is 1. The van der Waals surface area contributed by atoms with Crippen LogP contribution in [-0.2, 0) is 22.5 Å². The summed E-state index contributed by atoms with van der Waals surface area (Å²) in [5.74, 6) is -0.636. The molecule has 1 aromatic heterocycles. The minimum atomic E-state index is -4.42. The third-order valence-corrected chi connectivity index (χ3v) is 3.36. The number of hydrogen-bond acceptors (Lipinski definition) is 5. The lowest BCUT2D eigenvalue weighted by Crippen LogP contribution is -2.24. The Labute approximate surface area is 111 Å². The van der Waals surface area contributed by atoms with Gasteiger partial charge in [0.05, 0.1) is 5.69 Å². The van der Waals surface area contributed by atoms with E-state index in [0.29, 0.717) is 11.7 Å². The van der Waals surface area contributed by atoms with E-state index in [1.165, 1.54) is 11.3 Å². The van der Waals surface area contributed by atoms with E-state index in [4.69, 9.17) is 0 Å². The molecule has 0 bridgehead atoms. The summed E-state index contributed by atoms with van der Waals surface area (Å²) in [6.45, 7) is -0.535. The molecule has 2 N–H and O–H groups in total. The highest BCUT2D eigenvalue weighted by Crippen LogP contribution is 2.25. The Morgan fingerprint density at radius 1 is 1.53 bits per heavy atom. The fourth-order valence-electron chi connectivity index (χ4n) is 1.59. The van der Waals surface area contributed by atoms with E-state index in [2.05, 4.69) is 20.4 Å². The zero-order chi connectivity index (χ0) is 13.9. The van der Waals surface area contributed by atoms with Gasteiger partial charge in [0.15, 0.2) is 5.13 Å². The minimum absolute atomic E-state index is 0.398. The average molecular weight is 295 g/mol. The van der Waals surface area contributed by atoms with E-state index in [0.717, 1.165) is 23.5 Å². The number of nitrogens with one attached hydrogen (secondary N) is 2. The molecule has 1 aliphatic rings. The number of rotatable bonds is 4. The normalized spacial score (nSPS) is 15.1. The lowest BCUT2D eigenvalue weighted by molar-refractivity contribution is -0.174. The van der Waals surface area contributed by atoms with Crippen molar-refractivity contribution >= 4 is 22.4 Å². The maximum atomic E-state index is 11.8. The van der Waals surface area contributed by atoms with Gasteiger partial charge < -0.3 is 10.1 Å². The molecule has 1 aliphatic heterocycles. The van der Waals surface area contributed by atoms with Crippen LogP contribution in [0, 0.1) is 0 Å². The van der Waals surface area contributed by atoms with Crippen LogP contribution in [0.4, 0.5) is 18.3 Å². The molecule has 0 saturated carbocycles. The van der Waals surface area contributed by atoms with Gasteiger partial charge in [-0.1, -0.05) is 0 Å². The summed E-state index contributed by atoms with van der Waals surface area (Å²) in [6, 6.07) is 0. The maximum absolute atomic E-state index is 11.8. The number of thiazole rings is 1. The number of hydrogen-bond donors (Lipinski definition) is 2. The van der Waals surface area contributed by atoms with Crippen LogP contribution in [0.2, 0.25) is 0 Å². The lowest BCUT2D eigenvalue weighted by atomic mass is 10.2. The standard InChI is InChI=1S/C10H12F3N3O2S/c11-10(12,13)5-18-4-8(17)16-9-15-6-1-2-14-3-7(6)19-9/h14H,1-5H2,(H,15,16,17). The predicted octanol–water partition coefficient (Wildman–Crippen LogP) is 1.31. The van der Waals surface area contributed by atoms with E-state index < -0.39 is 25.3 Å². The van der Waals surface area contributed by atoms with E-state index in [1.54, 1.807) is 0 Å². The Morgan fingerprint density at radius 3 is 3.00 bits per heavy atom. The molecule has 0 aromatic carbocycles. The van der Waals surface area contributed by atoms with Crippen molar-refractivity contribution in [1.82, 2.24) is 10.3 Å². The Bertz CT molecular complexity index is 438. The van der Waals surface area contributed by atoms with Crippen molar-refractivity contribution in [2.75, 3.05) is 25.1 Å². The van der Waals surface area contributed by atoms with Crippen LogP contribution in [-0.4, -0.2) is 36.8 Å². The Hall–Kier alpha value is -1.19. The van der Waals surface area contributed by atoms with Crippen molar-refractivity contribution < 1.29 is 22.7 Å². The zero-order valence-electron chi connectivity index (χ0n) is 9.84. The molecule has 2 rings (SSSR count). The van der Waals surface area contributed by atoms with Crippen LogP contribution in [0.3, 0.4) is 0 Å². The van der Waals surface area contributed by atoms with Crippen molar-refractivity contribution in [2.45, 2.75) is 19.1 Å². The number of fused-ring (bicyclic) bond motifs is 1. The third kappa shape index (κ3) is 4.44. The van der Waals surface area contributed by atoms with Crippen molar-refractivity contribution in [3.8, 4) is 0 Å². The van der Waals surface area contributed by atoms with Gasteiger partial charge in [0.1, 0.15) is 13.2 Å². The molecule has 0 atom stereocenters. The highest BCUT2D eigenvalue weighted by Gasteiger charge is 2.27. The topological polar surface area (TPSA) is 63.2 Å². The summed E-state index contributed by atoms with van der Waals surface area (Å²) < 4.78 is 39.7. The summed E-state index contributed by atoms with van der Waals surface area (Å²) in [5, 5.41) is 6.00. The molecule has 0 aliphatic carbocycles. The third-order valence-electron chi connectivity index (χ3n) is 2.35. The first-order valence-corrected chi connectivity index (χ1v) is 6.39. The molecule has 0 saturated heterocycles. The van der Waals surface area contributed by atoms with E-state index in [-0.39, 0.29) is 0 Å². The highest BCUT2D eigenvalue weighted by atomic mass is 32.1. The number of aromatic nitrogens is 1. The molecule has 0 spiro atoms. The number of carbonyl (C=O) groups is 1. The number of nitrogens with zero attached hydrogens (tertiary/aromatic N) is 1. The first kappa shape index (κ1) is 14.2. The monoisotopic (exact) mass is 295 g/mol. The molecule has 106 valence electrons. The largest absolute Gasteiger partial charge is 0.411 e. The number of alkyl halides is 3. The van der Waals surface area contributed by atoms with Gasteiger partial charge in [-0.2, -0.15) is 13.2 Å². The van der Waals surface area contributed by atoms with E-state index >= 15 is 0 Å². The zero-order valence-corrected chi connectivity index (χ0v) is 10.7. The molecule has 1 amide bonds. The molecule has 5 nitrogen and oxygen atoms in total. The Balaban J connectivity index is 1.80. The van der Waals surface area contributed by atoms with Gasteiger partial charge in [0.25, 0.3) is 5.91 Å². The van der Waals surface area contributed by atoms with Gasteiger partial charge in [0.2, 0.25) is 0 Å². The van der Waals surface area contributed by atoms with Gasteiger partial charge >= 0.3 is 6.18 Å². The van der Waals surface area contributed by atoms with Gasteiger partial charge in [-0.15, -0.1) is 11.3 Å². The van der Waals surface area contributed by atoms with Crippen molar-refractivity contribution in [3.63, 3.8) is 0 Å². The molecule has 0 fully saturated rings. The number of carbonyl (C=O) groups excluding carboxylic acids is 1. The molecule has 1 aromatic rings. The minimum Gasteiger partial charge on any atom is -0.362 e. The molecule has 9 heteroatoms. The van der Waals surface area contributed by atoms with Gasteiger partial charge in [-0.05, 0) is 0 Å². The lowest BCUT2D eigenvalue weighted by Gasteiger charge is -2.09. The van der Waals surface area contributed by atoms with Gasteiger partial charge in [-0.3, -0.25) is 10.1 Å². The van der Waals surface area contributed by atoms with Crippen LogP contribution in [0.1, 0.15) is 10.6 Å². The number of anilines is 1. The molecular formula is C10H12F3N3O2S.